The minimum absolute atomic E-state index is 0.492. The van der Waals surface area contributed by atoms with Crippen LogP contribution < -0.4 is 9.64 Å². The molecule has 0 heterocycles. The molecule has 0 aliphatic rings. The summed E-state index contributed by atoms with van der Waals surface area (Å²) in [7, 11) is 0. The molecule has 0 aliphatic carbocycles. The lowest BCUT2D eigenvalue weighted by molar-refractivity contribution is 0.398. The fraction of sp³-hybridized carbons (Fsp3) is 0.143. The lowest BCUT2D eigenvalue weighted by Crippen LogP contribution is -2.09. The van der Waals surface area contributed by atoms with Crippen LogP contribution in [-0.4, -0.2) is 5.52 Å². The van der Waals surface area contributed by atoms with Gasteiger partial charge in [0, 0.05) is 17.1 Å². The minimum Gasteiger partial charge on any atom is -0.482 e. The van der Waals surface area contributed by atoms with Crippen LogP contribution >= 0.6 is 15.9 Å². The normalized spacial score (nSPS) is 10.5. The molecule has 0 aromatic heterocycles. The second-order valence-electron chi connectivity index (χ2n) is 5.75. The van der Waals surface area contributed by atoms with Crippen molar-refractivity contribution in [3.8, 4) is 5.75 Å². The van der Waals surface area contributed by atoms with Crippen molar-refractivity contribution >= 4 is 33.0 Å². The van der Waals surface area contributed by atoms with Crippen LogP contribution in [0.5, 0.6) is 5.75 Å². The third-order valence-electron chi connectivity index (χ3n) is 3.90. The van der Waals surface area contributed by atoms with Crippen LogP contribution in [0.4, 0.5) is 17.1 Å². The number of ether oxygens (including phenoxy) is 1. The highest BCUT2D eigenvalue weighted by molar-refractivity contribution is 9.09. The molecule has 0 saturated carbocycles. The number of hydrogen-bond donors (Lipinski definition) is 0. The van der Waals surface area contributed by atoms with Crippen LogP contribution in [0.2, 0.25) is 0 Å². The van der Waals surface area contributed by atoms with E-state index in [4.69, 9.17) is 4.74 Å². The average Bonchev–Trinajstić information content (AvgIpc) is 2.60. The summed E-state index contributed by atoms with van der Waals surface area (Å²) >= 11 is 3.29. The molecule has 0 amide bonds. The van der Waals surface area contributed by atoms with Crippen molar-refractivity contribution in [2.24, 2.45) is 0 Å². The van der Waals surface area contributed by atoms with Crippen LogP contribution in [0.1, 0.15) is 11.1 Å². The Morgan fingerprint density at radius 3 is 1.42 bits per heavy atom. The van der Waals surface area contributed by atoms with Crippen LogP contribution in [0.25, 0.3) is 0 Å². The fourth-order valence-electron chi connectivity index (χ4n) is 2.59. The van der Waals surface area contributed by atoms with E-state index in [1.54, 1.807) is 0 Å². The van der Waals surface area contributed by atoms with Crippen LogP contribution in [0, 0.1) is 13.8 Å². The molecule has 0 radical (unpaired) electrons. The Morgan fingerprint density at radius 2 is 1.04 bits per heavy atom. The number of halogens is 1. The molecule has 0 spiro atoms. The maximum atomic E-state index is 5.48. The van der Waals surface area contributed by atoms with Gasteiger partial charge in [-0.25, -0.2) is 0 Å². The quantitative estimate of drug-likeness (QED) is 0.467. The molecule has 0 aliphatic heterocycles. The molecule has 0 atom stereocenters. The Hall–Kier alpha value is -2.26. The van der Waals surface area contributed by atoms with E-state index in [0.717, 1.165) is 22.8 Å². The SMILES string of the molecule is Cc1ccc(N(c2ccc(C)cc2)c2ccc(OCBr)cc2)cc1. The first-order chi connectivity index (χ1) is 11.7. The second kappa shape index (κ2) is 7.54. The van der Waals surface area contributed by atoms with Crippen molar-refractivity contribution in [2.45, 2.75) is 13.8 Å². The molecule has 0 saturated heterocycles. The van der Waals surface area contributed by atoms with E-state index in [1.165, 1.54) is 11.1 Å². The number of aryl methyl sites for hydroxylation is 2. The summed E-state index contributed by atoms with van der Waals surface area (Å²) in [6.07, 6.45) is 0. The average molecular weight is 382 g/mol. The first-order valence-electron chi connectivity index (χ1n) is 7.89. The molecule has 0 bridgehead atoms. The lowest BCUT2D eigenvalue weighted by Gasteiger charge is -2.26. The number of anilines is 3. The molecule has 3 rings (SSSR count). The number of nitrogens with zero attached hydrogens (tertiary/aromatic N) is 1. The smallest absolute Gasteiger partial charge is 0.143 e. The third kappa shape index (κ3) is 3.80. The van der Waals surface area contributed by atoms with Gasteiger partial charge >= 0.3 is 0 Å². The van der Waals surface area contributed by atoms with Crippen molar-refractivity contribution in [3.05, 3.63) is 83.9 Å². The highest BCUT2D eigenvalue weighted by Crippen LogP contribution is 2.35. The molecule has 122 valence electrons. The second-order valence-corrected chi connectivity index (χ2v) is 6.21. The predicted molar refractivity (Wildman–Crippen MR) is 105 cm³/mol. The number of rotatable bonds is 5. The molecule has 3 aromatic carbocycles. The molecule has 0 N–H and O–H groups in total. The zero-order valence-corrected chi connectivity index (χ0v) is 15.5. The van der Waals surface area contributed by atoms with Gasteiger partial charge in [0.15, 0.2) is 0 Å². The first kappa shape index (κ1) is 16.6. The Kier molecular flexibility index (Phi) is 5.21. The molecule has 24 heavy (non-hydrogen) atoms. The van der Waals surface area contributed by atoms with Gasteiger partial charge in [-0.05, 0) is 78.3 Å². The highest BCUT2D eigenvalue weighted by atomic mass is 79.9. The zero-order chi connectivity index (χ0) is 16.9. The van der Waals surface area contributed by atoms with E-state index in [2.05, 4.69) is 95.3 Å². The Balaban J connectivity index is 2.04. The van der Waals surface area contributed by atoms with Crippen molar-refractivity contribution in [3.63, 3.8) is 0 Å². The van der Waals surface area contributed by atoms with E-state index in [0.29, 0.717) is 5.52 Å². The van der Waals surface area contributed by atoms with E-state index >= 15 is 0 Å². The van der Waals surface area contributed by atoms with Gasteiger partial charge in [0.25, 0.3) is 0 Å². The lowest BCUT2D eigenvalue weighted by atomic mass is 10.1. The predicted octanol–water partition coefficient (Wildman–Crippen LogP) is 6.50. The summed E-state index contributed by atoms with van der Waals surface area (Å²) in [5.41, 5.74) is 6.38. The largest absolute Gasteiger partial charge is 0.482 e. The van der Waals surface area contributed by atoms with Crippen LogP contribution in [0.15, 0.2) is 72.8 Å². The maximum Gasteiger partial charge on any atom is 0.143 e. The molecule has 0 fully saturated rings. The molecule has 2 nitrogen and oxygen atoms in total. The van der Waals surface area contributed by atoms with Gasteiger partial charge in [-0.2, -0.15) is 0 Å². The van der Waals surface area contributed by atoms with Crippen LogP contribution in [0.3, 0.4) is 0 Å². The summed E-state index contributed by atoms with van der Waals surface area (Å²) in [4.78, 5) is 2.25. The number of hydrogen-bond acceptors (Lipinski definition) is 2. The molecule has 3 aromatic rings. The van der Waals surface area contributed by atoms with Crippen LogP contribution in [-0.2, 0) is 0 Å². The summed E-state index contributed by atoms with van der Waals surface area (Å²) in [5, 5.41) is 0. The summed E-state index contributed by atoms with van der Waals surface area (Å²) < 4.78 is 5.48. The third-order valence-corrected chi connectivity index (χ3v) is 4.13. The molecular formula is C21H20BrNO. The Labute approximate surface area is 151 Å². The van der Waals surface area contributed by atoms with Crippen molar-refractivity contribution in [2.75, 3.05) is 10.4 Å². The highest BCUT2D eigenvalue weighted by Gasteiger charge is 2.12. The van der Waals surface area contributed by atoms with E-state index in [9.17, 15) is 0 Å². The maximum absolute atomic E-state index is 5.48. The minimum atomic E-state index is 0.492. The van der Waals surface area contributed by atoms with Crippen molar-refractivity contribution in [1.29, 1.82) is 0 Å². The molecule has 0 unspecified atom stereocenters. The van der Waals surface area contributed by atoms with Gasteiger partial charge < -0.3 is 9.64 Å². The summed E-state index contributed by atoms with van der Waals surface area (Å²) in [6.45, 7) is 4.21. The summed E-state index contributed by atoms with van der Waals surface area (Å²) in [6, 6.07) is 25.3. The number of benzene rings is 3. The number of alkyl halides is 1. The van der Waals surface area contributed by atoms with Gasteiger partial charge in [-0.3, -0.25) is 0 Å². The Bertz CT molecular complexity index is 734. The standard InChI is InChI=1S/C21H20BrNO/c1-16-3-7-18(8-4-16)23(19-9-5-17(2)6-10-19)20-11-13-21(14-12-20)24-15-22/h3-14H,15H2,1-2H3. The monoisotopic (exact) mass is 381 g/mol. The molecule has 3 heteroatoms. The van der Waals surface area contributed by atoms with E-state index in [-0.39, 0.29) is 0 Å². The Morgan fingerprint density at radius 1 is 0.667 bits per heavy atom. The first-order valence-corrected chi connectivity index (χ1v) is 9.02. The van der Waals surface area contributed by atoms with E-state index < -0.39 is 0 Å². The van der Waals surface area contributed by atoms with Gasteiger partial charge in [-0.1, -0.05) is 35.4 Å². The van der Waals surface area contributed by atoms with E-state index in [1.807, 2.05) is 12.1 Å². The van der Waals surface area contributed by atoms with Crippen molar-refractivity contribution < 1.29 is 4.74 Å². The topological polar surface area (TPSA) is 12.5 Å². The molecular weight excluding hydrogens is 362 g/mol. The van der Waals surface area contributed by atoms with Gasteiger partial charge in [0.05, 0.1) is 0 Å². The fourth-order valence-corrected chi connectivity index (χ4v) is 2.85. The van der Waals surface area contributed by atoms with Gasteiger partial charge in [0.2, 0.25) is 0 Å². The van der Waals surface area contributed by atoms with Crippen molar-refractivity contribution in [1.82, 2.24) is 0 Å². The summed E-state index contributed by atoms with van der Waals surface area (Å²) in [5.74, 6) is 0.850. The zero-order valence-electron chi connectivity index (χ0n) is 13.9. The van der Waals surface area contributed by atoms with Gasteiger partial charge in [0.1, 0.15) is 11.3 Å². The van der Waals surface area contributed by atoms with Gasteiger partial charge in [-0.15, -0.1) is 0 Å².